The van der Waals surface area contributed by atoms with Gasteiger partial charge in [-0.05, 0) is 74.4 Å². The first-order valence-corrected chi connectivity index (χ1v) is 12.4. The molecule has 2 atom stereocenters. The molecule has 180 valence electrons. The average Bonchev–Trinajstić information content (AvgIpc) is 3.25. The van der Waals surface area contributed by atoms with Gasteiger partial charge in [-0.15, -0.1) is 0 Å². The van der Waals surface area contributed by atoms with Crippen LogP contribution in [0.3, 0.4) is 0 Å². The maximum absolute atomic E-state index is 13.7. The number of aryl methyl sites for hydroxylation is 1. The van der Waals surface area contributed by atoms with E-state index >= 15 is 0 Å². The van der Waals surface area contributed by atoms with Gasteiger partial charge in [-0.2, -0.15) is 0 Å². The molecule has 1 aromatic carbocycles. The Labute approximate surface area is 209 Å². The van der Waals surface area contributed by atoms with Crippen molar-refractivity contribution in [1.29, 1.82) is 0 Å². The van der Waals surface area contributed by atoms with E-state index in [4.69, 9.17) is 21.3 Å². The van der Waals surface area contributed by atoms with Gasteiger partial charge in [0.1, 0.15) is 17.3 Å². The highest BCUT2D eigenvalue weighted by atomic mass is 35.5. The van der Waals surface area contributed by atoms with Gasteiger partial charge in [-0.25, -0.2) is 4.39 Å². The molecule has 7 heteroatoms. The lowest BCUT2D eigenvalue weighted by atomic mass is 9.83. The number of aromatic nitrogens is 2. The van der Waals surface area contributed by atoms with Gasteiger partial charge in [0.05, 0.1) is 23.4 Å². The van der Waals surface area contributed by atoms with Crippen LogP contribution in [0.25, 0.3) is 0 Å². The third-order valence-electron chi connectivity index (χ3n) is 6.70. The number of pyridine rings is 2. The fourth-order valence-corrected chi connectivity index (χ4v) is 5.17. The molecule has 0 bridgehead atoms. The fourth-order valence-electron chi connectivity index (χ4n) is 5.05. The summed E-state index contributed by atoms with van der Waals surface area (Å²) in [6, 6.07) is 10.5. The summed E-state index contributed by atoms with van der Waals surface area (Å²) >= 11 is 5.76. The first kappa shape index (κ1) is 23.6. The Kier molecular flexibility index (Phi) is 6.91. The summed E-state index contributed by atoms with van der Waals surface area (Å²) in [6.45, 7) is 2.56. The monoisotopic (exact) mass is 491 g/mol. The fraction of sp³-hybridized carbons (Fsp3) is 0.357. The quantitative estimate of drug-likeness (QED) is 0.402. The van der Waals surface area contributed by atoms with E-state index in [0.717, 1.165) is 59.5 Å². The molecule has 0 N–H and O–H groups in total. The molecule has 0 spiro atoms. The SMILES string of the molecule is Cc1cc(C2=NCc3cc(CC(=O)CC4CCCC(Oc5ccc(Cl)c(F)c5)C4)ncc32)ccn1. The van der Waals surface area contributed by atoms with E-state index in [9.17, 15) is 9.18 Å². The molecule has 0 saturated heterocycles. The molecule has 2 unspecified atom stereocenters. The number of nitrogens with zero attached hydrogens (tertiary/aromatic N) is 3. The van der Waals surface area contributed by atoms with E-state index in [-0.39, 0.29) is 22.8 Å². The minimum Gasteiger partial charge on any atom is -0.490 e. The van der Waals surface area contributed by atoms with E-state index < -0.39 is 5.82 Å². The second-order valence-corrected chi connectivity index (χ2v) is 9.86. The lowest BCUT2D eigenvalue weighted by Crippen LogP contribution is -2.27. The Morgan fingerprint density at radius 3 is 2.89 bits per heavy atom. The van der Waals surface area contributed by atoms with Crippen LogP contribution in [0.5, 0.6) is 5.75 Å². The predicted octanol–water partition coefficient (Wildman–Crippen LogP) is 6.07. The zero-order valence-corrected chi connectivity index (χ0v) is 20.4. The molecule has 2 aromatic heterocycles. The van der Waals surface area contributed by atoms with Gasteiger partial charge >= 0.3 is 0 Å². The second kappa shape index (κ2) is 10.2. The summed E-state index contributed by atoms with van der Waals surface area (Å²) in [5, 5.41) is 0.0832. The van der Waals surface area contributed by atoms with Crippen molar-refractivity contribution < 1.29 is 13.9 Å². The predicted molar refractivity (Wildman–Crippen MR) is 134 cm³/mol. The summed E-state index contributed by atoms with van der Waals surface area (Å²) in [5.41, 5.74) is 5.84. The Balaban J connectivity index is 1.17. The first-order chi connectivity index (χ1) is 16.9. The first-order valence-electron chi connectivity index (χ1n) is 12.0. The smallest absolute Gasteiger partial charge is 0.145 e. The van der Waals surface area contributed by atoms with E-state index in [0.29, 0.717) is 25.1 Å². The van der Waals surface area contributed by atoms with Crippen LogP contribution in [-0.2, 0) is 17.8 Å². The molecule has 1 fully saturated rings. The standard InChI is InChI=1S/C28H27ClFN3O2/c1-17-9-19(7-8-31-17)28-25-16-32-21(12-20(25)15-33-28)13-22(34)10-18-3-2-4-23(11-18)35-24-5-6-26(29)27(30)14-24/h5-9,12,14,16,18,23H,2-4,10-11,13,15H2,1H3. The Hall–Kier alpha value is -3.12. The molecule has 2 aliphatic rings. The van der Waals surface area contributed by atoms with E-state index in [1.165, 1.54) is 12.1 Å². The molecule has 1 aliphatic heterocycles. The van der Waals surface area contributed by atoms with Gasteiger partial charge in [-0.3, -0.25) is 19.8 Å². The number of hydrogen-bond donors (Lipinski definition) is 0. The minimum absolute atomic E-state index is 0.0207. The van der Waals surface area contributed by atoms with Gasteiger partial charge in [0.25, 0.3) is 0 Å². The van der Waals surface area contributed by atoms with Crippen molar-refractivity contribution in [2.75, 3.05) is 0 Å². The lowest BCUT2D eigenvalue weighted by molar-refractivity contribution is -0.119. The van der Waals surface area contributed by atoms with Crippen molar-refractivity contribution in [2.45, 2.75) is 58.1 Å². The van der Waals surface area contributed by atoms with Crippen molar-refractivity contribution in [2.24, 2.45) is 10.9 Å². The topological polar surface area (TPSA) is 64.4 Å². The van der Waals surface area contributed by atoms with Crippen LogP contribution in [0.1, 0.15) is 60.2 Å². The van der Waals surface area contributed by atoms with Gasteiger partial charge in [0.15, 0.2) is 0 Å². The zero-order valence-electron chi connectivity index (χ0n) is 19.6. The van der Waals surface area contributed by atoms with Crippen LogP contribution in [0.4, 0.5) is 4.39 Å². The Morgan fingerprint density at radius 1 is 1.17 bits per heavy atom. The van der Waals surface area contributed by atoms with Gasteiger partial charge in [0.2, 0.25) is 0 Å². The maximum Gasteiger partial charge on any atom is 0.145 e. The van der Waals surface area contributed by atoms with Crippen molar-refractivity contribution in [3.63, 3.8) is 0 Å². The van der Waals surface area contributed by atoms with Crippen LogP contribution in [-0.4, -0.2) is 27.6 Å². The Morgan fingerprint density at radius 2 is 2.06 bits per heavy atom. The highest BCUT2D eigenvalue weighted by Gasteiger charge is 2.26. The molecule has 3 heterocycles. The number of halogens is 2. The van der Waals surface area contributed by atoms with Crippen LogP contribution < -0.4 is 4.74 Å². The number of rotatable bonds is 7. The van der Waals surface area contributed by atoms with Crippen molar-refractivity contribution >= 4 is 23.1 Å². The van der Waals surface area contributed by atoms with Crippen LogP contribution in [0.15, 0.2) is 53.8 Å². The summed E-state index contributed by atoms with van der Waals surface area (Å²) in [5.74, 6) is 0.443. The number of carbonyl (C=O) groups excluding carboxylic acids is 1. The average molecular weight is 492 g/mol. The lowest BCUT2D eigenvalue weighted by Gasteiger charge is -2.29. The molecule has 1 saturated carbocycles. The number of ketones is 1. The number of Topliss-reactive ketones (excluding diaryl/α,β-unsaturated/α-hetero) is 1. The number of fused-ring (bicyclic) bond motifs is 1. The summed E-state index contributed by atoms with van der Waals surface area (Å²) in [4.78, 5) is 26.4. The number of ether oxygens (including phenoxy) is 1. The van der Waals surface area contributed by atoms with Crippen LogP contribution in [0, 0.1) is 18.7 Å². The molecule has 3 aromatic rings. The van der Waals surface area contributed by atoms with Gasteiger partial charge < -0.3 is 4.74 Å². The van der Waals surface area contributed by atoms with E-state index in [1.807, 2.05) is 31.3 Å². The van der Waals surface area contributed by atoms with Crippen molar-refractivity contribution in [3.05, 3.63) is 87.7 Å². The van der Waals surface area contributed by atoms with Crippen molar-refractivity contribution in [1.82, 2.24) is 9.97 Å². The van der Waals surface area contributed by atoms with E-state index in [1.54, 1.807) is 12.3 Å². The highest BCUT2D eigenvalue weighted by Crippen LogP contribution is 2.31. The maximum atomic E-state index is 13.7. The van der Waals surface area contributed by atoms with E-state index in [2.05, 4.69) is 9.97 Å². The summed E-state index contributed by atoms with van der Waals surface area (Å²) in [7, 11) is 0. The van der Waals surface area contributed by atoms with Gasteiger partial charge in [0, 0.05) is 53.8 Å². The number of benzene rings is 1. The molecule has 35 heavy (non-hydrogen) atoms. The second-order valence-electron chi connectivity index (χ2n) is 9.45. The zero-order chi connectivity index (χ0) is 24.4. The molecular formula is C28H27ClFN3O2. The normalized spacial score (nSPS) is 19.2. The minimum atomic E-state index is -0.484. The molecule has 0 radical (unpaired) electrons. The molecular weight excluding hydrogens is 465 g/mol. The van der Waals surface area contributed by atoms with Gasteiger partial charge in [-0.1, -0.05) is 11.6 Å². The Bertz CT molecular complexity index is 1290. The van der Waals surface area contributed by atoms with Crippen LogP contribution in [0.2, 0.25) is 5.02 Å². The third kappa shape index (κ3) is 5.59. The molecule has 1 aliphatic carbocycles. The van der Waals surface area contributed by atoms with Crippen molar-refractivity contribution in [3.8, 4) is 5.75 Å². The number of hydrogen-bond acceptors (Lipinski definition) is 5. The number of carbonyl (C=O) groups is 1. The summed E-state index contributed by atoms with van der Waals surface area (Å²) < 4.78 is 19.7. The summed E-state index contributed by atoms with van der Waals surface area (Å²) in [6.07, 6.45) is 8.12. The molecule has 5 rings (SSSR count). The molecule has 0 amide bonds. The van der Waals surface area contributed by atoms with Crippen LogP contribution >= 0.6 is 11.6 Å². The molecule has 5 nitrogen and oxygen atoms in total. The third-order valence-corrected chi connectivity index (χ3v) is 7.01. The largest absolute Gasteiger partial charge is 0.490 e. The number of aliphatic imine (C=N–C) groups is 1. The highest BCUT2D eigenvalue weighted by molar-refractivity contribution is 6.30.